The molecule has 1 saturated heterocycles. The van der Waals surface area contributed by atoms with Crippen LogP contribution in [0.4, 0.5) is 0 Å². The molecular formula is C10H13BrN2O. The molecule has 3 N–H and O–H groups in total. The summed E-state index contributed by atoms with van der Waals surface area (Å²) in [6.07, 6.45) is 0. The van der Waals surface area contributed by atoms with Crippen molar-refractivity contribution in [2.45, 2.75) is 16.9 Å². The Balaban J connectivity index is 2.14. The van der Waals surface area contributed by atoms with Gasteiger partial charge in [0.15, 0.2) is 0 Å². The van der Waals surface area contributed by atoms with E-state index in [0.717, 1.165) is 0 Å². The monoisotopic (exact) mass is 256 g/mol. The highest BCUT2D eigenvalue weighted by Crippen LogP contribution is 2.28. The average molecular weight is 257 g/mol. The number of halogens is 1. The van der Waals surface area contributed by atoms with Crippen molar-refractivity contribution in [2.75, 3.05) is 6.61 Å². The Labute approximate surface area is 91.6 Å². The zero-order valence-electron chi connectivity index (χ0n) is 7.65. The SMILES string of the molecule is OCC1NNC(c2ccccc2)C1Br. The Morgan fingerprint density at radius 2 is 1.93 bits per heavy atom. The third kappa shape index (κ3) is 1.83. The van der Waals surface area contributed by atoms with Gasteiger partial charge in [0.25, 0.3) is 0 Å². The number of aliphatic hydroxyl groups excluding tert-OH is 1. The first-order valence-electron chi connectivity index (χ1n) is 4.64. The number of benzene rings is 1. The molecule has 1 heterocycles. The van der Waals surface area contributed by atoms with Crippen LogP contribution in [0.3, 0.4) is 0 Å². The molecule has 1 aromatic carbocycles. The van der Waals surface area contributed by atoms with E-state index in [-0.39, 0.29) is 23.5 Å². The van der Waals surface area contributed by atoms with Gasteiger partial charge in [0.2, 0.25) is 0 Å². The van der Waals surface area contributed by atoms with E-state index in [0.29, 0.717) is 0 Å². The quantitative estimate of drug-likeness (QED) is 0.691. The summed E-state index contributed by atoms with van der Waals surface area (Å²) in [7, 11) is 0. The van der Waals surface area contributed by atoms with Crippen LogP contribution in [0.25, 0.3) is 0 Å². The third-order valence-electron chi connectivity index (χ3n) is 2.48. The third-order valence-corrected chi connectivity index (χ3v) is 3.65. The number of rotatable bonds is 2. The van der Waals surface area contributed by atoms with E-state index < -0.39 is 0 Å². The summed E-state index contributed by atoms with van der Waals surface area (Å²) in [4.78, 5) is 0.218. The van der Waals surface area contributed by atoms with Gasteiger partial charge in [0.1, 0.15) is 0 Å². The van der Waals surface area contributed by atoms with Crippen molar-refractivity contribution in [3.8, 4) is 0 Å². The van der Waals surface area contributed by atoms with Gasteiger partial charge in [0.05, 0.1) is 23.5 Å². The Kier molecular flexibility index (Phi) is 3.18. The molecule has 3 nitrogen and oxygen atoms in total. The predicted molar refractivity (Wildman–Crippen MR) is 59.0 cm³/mol. The van der Waals surface area contributed by atoms with Crippen molar-refractivity contribution in [1.82, 2.24) is 10.9 Å². The van der Waals surface area contributed by atoms with E-state index in [1.165, 1.54) is 5.56 Å². The molecule has 0 aromatic heterocycles. The van der Waals surface area contributed by atoms with Crippen molar-refractivity contribution < 1.29 is 5.11 Å². The maximum absolute atomic E-state index is 9.07. The van der Waals surface area contributed by atoms with Gasteiger partial charge in [-0.2, -0.15) is 0 Å². The highest BCUT2D eigenvalue weighted by Gasteiger charge is 2.33. The van der Waals surface area contributed by atoms with Crippen molar-refractivity contribution in [1.29, 1.82) is 0 Å². The fraction of sp³-hybridized carbons (Fsp3) is 0.400. The number of hydrazine groups is 1. The van der Waals surface area contributed by atoms with Gasteiger partial charge in [-0.1, -0.05) is 46.3 Å². The molecule has 1 aromatic rings. The van der Waals surface area contributed by atoms with Crippen LogP contribution in [0.5, 0.6) is 0 Å². The minimum absolute atomic E-state index is 0.0696. The second kappa shape index (κ2) is 4.40. The second-order valence-electron chi connectivity index (χ2n) is 3.41. The number of nitrogens with one attached hydrogen (secondary N) is 2. The van der Waals surface area contributed by atoms with Gasteiger partial charge in [-0.3, -0.25) is 5.43 Å². The van der Waals surface area contributed by atoms with Gasteiger partial charge in [-0.05, 0) is 5.56 Å². The van der Waals surface area contributed by atoms with E-state index in [2.05, 4.69) is 38.9 Å². The van der Waals surface area contributed by atoms with Crippen LogP contribution in [0.1, 0.15) is 11.6 Å². The summed E-state index contributed by atoms with van der Waals surface area (Å²) in [6, 6.07) is 10.5. The van der Waals surface area contributed by atoms with Gasteiger partial charge >= 0.3 is 0 Å². The Bertz CT molecular complexity index is 293. The molecule has 0 saturated carbocycles. The molecule has 0 amide bonds. The molecule has 0 aliphatic carbocycles. The molecule has 2 rings (SSSR count). The predicted octanol–water partition coefficient (Wildman–Crippen LogP) is 0.960. The zero-order valence-corrected chi connectivity index (χ0v) is 9.24. The molecule has 1 aliphatic rings. The van der Waals surface area contributed by atoms with Crippen molar-refractivity contribution in [2.24, 2.45) is 0 Å². The average Bonchev–Trinajstić information content (AvgIpc) is 2.61. The zero-order chi connectivity index (χ0) is 9.97. The van der Waals surface area contributed by atoms with Crippen LogP contribution in [-0.4, -0.2) is 22.6 Å². The number of hydrogen-bond acceptors (Lipinski definition) is 3. The summed E-state index contributed by atoms with van der Waals surface area (Å²) < 4.78 is 0. The van der Waals surface area contributed by atoms with Gasteiger partial charge in [-0.15, -0.1) is 0 Å². The molecule has 0 radical (unpaired) electrons. The van der Waals surface area contributed by atoms with Crippen LogP contribution < -0.4 is 10.9 Å². The van der Waals surface area contributed by atoms with E-state index in [1.807, 2.05) is 18.2 Å². The standard InChI is InChI=1S/C10H13BrN2O/c11-9-8(6-14)12-13-10(9)7-4-2-1-3-5-7/h1-5,8-10,12-14H,6H2. The normalized spacial score (nSPS) is 32.0. The van der Waals surface area contributed by atoms with Crippen LogP contribution in [0.15, 0.2) is 30.3 Å². The Morgan fingerprint density at radius 3 is 2.50 bits per heavy atom. The highest BCUT2D eigenvalue weighted by molar-refractivity contribution is 9.09. The number of hydrogen-bond donors (Lipinski definition) is 3. The summed E-state index contributed by atoms with van der Waals surface area (Å²) in [5, 5.41) is 9.07. The van der Waals surface area contributed by atoms with Crippen molar-refractivity contribution >= 4 is 15.9 Å². The summed E-state index contributed by atoms with van der Waals surface area (Å²) >= 11 is 3.58. The summed E-state index contributed by atoms with van der Waals surface area (Å²) in [5.74, 6) is 0. The Hall–Kier alpha value is -0.420. The van der Waals surface area contributed by atoms with Gasteiger partial charge in [0, 0.05) is 0 Å². The first-order valence-corrected chi connectivity index (χ1v) is 5.55. The summed E-state index contributed by atoms with van der Waals surface area (Å²) in [6.45, 7) is 0.131. The Morgan fingerprint density at radius 1 is 1.21 bits per heavy atom. The molecule has 14 heavy (non-hydrogen) atoms. The molecule has 3 atom stereocenters. The molecule has 0 spiro atoms. The van der Waals surface area contributed by atoms with Crippen LogP contribution in [-0.2, 0) is 0 Å². The van der Waals surface area contributed by atoms with Crippen LogP contribution in [0.2, 0.25) is 0 Å². The van der Waals surface area contributed by atoms with Crippen molar-refractivity contribution in [3.63, 3.8) is 0 Å². The molecule has 1 fully saturated rings. The van der Waals surface area contributed by atoms with Crippen LogP contribution in [0, 0.1) is 0 Å². The maximum atomic E-state index is 9.07. The lowest BCUT2D eigenvalue weighted by molar-refractivity contribution is 0.253. The summed E-state index contributed by atoms with van der Waals surface area (Å²) in [5.41, 5.74) is 7.44. The smallest absolute Gasteiger partial charge is 0.0609 e. The largest absolute Gasteiger partial charge is 0.395 e. The fourth-order valence-electron chi connectivity index (χ4n) is 1.66. The molecule has 4 heteroatoms. The number of aliphatic hydroxyl groups is 1. The van der Waals surface area contributed by atoms with E-state index in [9.17, 15) is 0 Å². The minimum atomic E-state index is 0.0696. The fourth-order valence-corrected chi connectivity index (χ4v) is 2.40. The highest BCUT2D eigenvalue weighted by atomic mass is 79.9. The van der Waals surface area contributed by atoms with E-state index in [1.54, 1.807) is 0 Å². The van der Waals surface area contributed by atoms with E-state index in [4.69, 9.17) is 5.11 Å². The topological polar surface area (TPSA) is 44.3 Å². The van der Waals surface area contributed by atoms with Gasteiger partial charge < -0.3 is 5.11 Å². The lowest BCUT2D eigenvalue weighted by Gasteiger charge is -2.15. The molecule has 1 aliphatic heterocycles. The molecule has 76 valence electrons. The molecular weight excluding hydrogens is 244 g/mol. The minimum Gasteiger partial charge on any atom is -0.395 e. The second-order valence-corrected chi connectivity index (χ2v) is 4.47. The van der Waals surface area contributed by atoms with Crippen molar-refractivity contribution in [3.05, 3.63) is 35.9 Å². The van der Waals surface area contributed by atoms with E-state index >= 15 is 0 Å². The lowest BCUT2D eigenvalue weighted by Crippen LogP contribution is -2.34. The van der Waals surface area contributed by atoms with Crippen LogP contribution >= 0.6 is 15.9 Å². The first-order chi connectivity index (χ1) is 6.83. The first kappa shape index (κ1) is 10.1. The molecule has 0 bridgehead atoms. The lowest BCUT2D eigenvalue weighted by atomic mass is 10.0. The number of alkyl halides is 1. The maximum Gasteiger partial charge on any atom is 0.0609 e. The van der Waals surface area contributed by atoms with Gasteiger partial charge in [-0.25, -0.2) is 5.43 Å². The molecule has 3 unspecified atom stereocenters.